The Labute approximate surface area is 122 Å². The lowest BCUT2D eigenvalue weighted by Gasteiger charge is -2.22. The molecule has 7 heteroatoms. The summed E-state index contributed by atoms with van der Waals surface area (Å²) in [5, 5.41) is 10.2. The second-order valence-electron chi connectivity index (χ2n) is 5.01. The van der Waals surface area contributed by atoms with Crippen molar-refractivity contribution in [2.45, 2.75) is 23.8 Å². The lowest BCUT2D eigenvalue weighted by molar-refractivity contribution is 0.0603. The fourth-order valence-electron chi connectivity index (χ4n) is 1.84. The summed E-state index contributed by atoms with van der Waals surface area (Å²) in [6.07, 6.45) is 1.61. The minimum absolute atomic E-state index is 0.139. The molecule has 0 aliphatic rings. The molecule has 2 aromatic rings. The van der Waals surface area contributed by atoms with Crippen LogP contribution in [0.3, 0.4) is 0 Å². The highest BCUT2D eigenvalue weighted by Gasteiger charge is 2.26. The van der Waals surface area contributed by atoms with Crippen LogP contribution >= 0.6 is 0 Å². The Kier molecular flexibility index (Phi) is 4.46. The van der Waals surface area contributed by atoms with Gasteiger partial charge in [0.2, 0.25) is 10.0 Å². The van der Waals surface area contributed by atoms with Crippen LogP contribution in [0.15, 0.2) is 52.0 Å². The molecule has 114 valence electrons. The third kappa shape index (κ3) is 4.13. The van der Waals surface area contributed by atoms with Gasteiger partial charge in [0.25, 0.3) is 0 Å². The number of rotatable bonds is 6. The van der Waals surface area contributed by atoms with E-state index in [1.54, 1.807) is 12.1 Å². The number of hydrogen-bond donors (Lipinski definition) is 2. The molecule has 0 fully saturated rings. The smallest absolute Gasteiger partial charge is 0.243 e. The quantitative estimate of drug-likeness (QED) is 0.850. The van der Waals surface area contributed by atoms with Gasteiger partial charge in [-0.2, -0.15) is 0 Å². The van der Waals surface area contributed by atoms with Crippen LogP contribution in [-0.2, 0) is 16.4 Å². The van der Waals surface area contributed by atoms with Crippen LogP contribution < -0.4 is 4.72 Å². The summed E-state index contributed by atoms with van der Waals surface area (Å²) in [4.78, 5) is -0.446. The first-order valence-electron chi connectivity index (χ1n) is 6.29. The highest BCUT2D eigenvalue weighted by Crippen LogP contribution is 2.16. The number of halogens is 1. The van der Waals surface area contributed by atoms with E-state index in [0.29, 0.717) is 5.76 Å². The van der Waals surface area contributed by atoms with Crippen LogP contribution in [0, 0.1) is 5.82 Å². The van der Waals surface area contributed by atoms with Crippen molar-refractivity contribution >= 4 is 10.0 Å². The third-order valence-corrected chi connectivity index (χ3v) is 4.34. The van der Waals surface area contributed by atoms with E-state index < -0.39 is 26.3 Å². The molecule has 0 aliphatic carbocycles. The van der Waals surface area contributed by atoms with Gasteiger partial charge < -0.3 is 9.52 Å². The zero-order valence-corrected chi connectivity index (χ0v) is 12.2. The lowest BCUT2D eigenvalue weighted by atomic mass is 10.0. The number of nitrogens with one attached hydrogen (secondary N) is 1. The fourth-order valence-corrected chi connectivity index (χ4v) is 3.08. The van der Waals surface area contributed by atoms with Gasteiger partial charge in [0.1, 0.15) is 16.5 Å². The zero-order valence-electron chi connectivity index (χ0n) is 11.4. The highest BCUT2D eigenvalue weighted by molar-refractivity contribution is 7.89. The topological polar surface area (TPSA) is 79.5 Å². The molecule has 0 saturated heterocycles. The molecular weight excluding hydrogens is 297 g/mol. The summed E-state index contributed by atoms with van der Waals surface area (Å²) in [5.74, 6) is -0.305. The second kappa shape index (κ2) is 5.97. The van der Waals surface area contributed by atoms with E-state index in [2.05, 4.69) is 4.72 Å². The summed E-state index contributed by atoms with van der Waals surface area (Å²) in [5.41, 5.74) is -1.35. The first kappa shape index (κ1) is 15.7. The van der Waals surface area contributed by atoms with Gasteiger partial charge in [-0.15, -0.1) is 0 Å². The van der Waals surface area contributed by atoms with Crippen molar-refractivity contribution in [3.8, 4) is 0 Å². The number of aliphatic hydroxyl groups is 1. The van der Waals surface area contributed by atoms with Crippen molar-refractivity contribution < 1.29 is 22.3 Å². The first-order chi connectivity index (χ1) is 9.80. The lowest BCUT2D eigenvalue weighted by Crippen LogP contribution is -2.42. The van der Waals surface area contributed by atoms with Gasteiger partial charge in [-0.05, 0) is 31.2 Å². The van der Waals surface area contributed by atoms with Crippen LogP contribution in [-0.4, -0.2) is 25.7 Å². The molecule has 0 spiro atoms. The van der Waals surface area contributed by atoms with Crippen molar-refractivity contribution in [3.05, 3.63) is 54.2 Å². The number of hydrogen-bond acceptors (Lipinski definition) is 4. The van der Waals surface area contributed by atoms with Gasteiger partial charge in [-0.25, -0.2) is 17.5 Å². The van der Waals surface area contributed by atoms with Gasteiger partial charge >= 0.3 is 0 Å². The van der Waals surface area contributed by atoms with Gasteiger partial charge in [0.15, 0.2) is 0 Å². The predicted molar refractivity (Wildman–Crippen MR) is 74.6 cm³/mol. The van der Waals surface area contributed by atoms with Crippen LogP contribution in [0.25, 0.3) is 0 Å². The molecule has 1 aromatic carbocycles. The van der Waals surface area contributed by atoms with E-state index in [1.165, 1.54) is 31.4 Å². The molecule has 0 saturated carbocycles. The van der Waals surface area contributed by atoms with Gasteiger partial charge in [-0.1, -0.05) is 12.1 Å². The Hall–Kier alpha value is -1.70. The molecule has 0 radical (unpaired) electrons. The van der Waals surface area contributed by atoms with E-state index >= 15 is 0 Å². The molecule has 1 unspecified atom stereocenters. The average molecular weight is 313 g/mol. The summed E-state index contributed by atoms with van der Waals surface area (Å²) >= 11 is 0. The maximum atomic E-state index is 13.5. The molecule has 2 N–H and O–H groups in total. The fraction of sp³-hybridized carbons (Fsp3) is 0.286. The molecule has 1 atom stereocenters. The Morgan fingerprint density at radius 2 is 2.00 bits per heavy atom. The van der Waals surface area contributed by atoms with Crippen molar-refractivity contribution in [1.82, 2.24) is 4.72 Å². The van der Waals surface area contributed by atoms with Crippen LogP contribution in [0.4, 0.5) is 4.39 Å². The monoisotopic (exact) mass is 313 g/mol. The summed E-state index contributed by atoms with van der Waals surface area (Å²) in [7, 11) is -4.02. The maximum Gasteiger partial charge on any atom is 0.243 e. The van der Waals surface area contributed by atoms with Gasteiger partial charge in [0, 0.05) is 13.0 Å². The van der Waals surface area contributed by atoms with E-state index in [9.17, 15) is 17.9 Å². The number of sulfonamides is 1. The Bertz CT molecular complexity index is 696. The van der Waals surface area contributed by atoms with Crippen LogP contribution in [0.5, 0.6) is 0 Å². The van der Waals surface area contributed by atoms with Crippen molar-refractivity contribution in [3.63, 3.8) is 0 Å². The molecule has 21 heavy (non-hydrogen) atoms. The SMILES string of the molecule is CC(O)(CNS(=O)(=O)c1ccccc1F)Cc1ccco1. The van der Waals surface area contributed by atoms with Gasteiger partial charge in [0.05, 0.1) is 11.9 Å². The Morgan fingerprint density at radius 1 is 1.29 bits per heavy atom. The third-order valence-electron chi connectivity index (χ3n) is 2.90. The van der Waals surface area contributed by atoms with Crippen molar-refractivity contribution in [1.29, 1.82) is 0 Å². The second-order valence-corrected chi connectivity index (χ2v) is 6.74. The zero-order chi connectivity index (χ0) is 15.5. The first-order valence-corrected chi connectivity index (χ1v) is 7.77. The summed E-state index contributed by atoms with van der Waals surface area (Å²) in [6.45, 7) is 1.21. The van der Waals surface area contributed by atoms with E-state index in [4.69, 9.17) is 4.42 Å². The van der Waals surface area contributed by atoms with Gasteiger partial charge in [-0.3, -0.25) is 0 Å². The van der Waals surface area contributed by atoms with Crippen LogP contribution in [0.2, 0.25) is 0 Å². The van der Waals surface area contributed by atoms with E-state index in [-0.39, 0.29) is 13.0 Å². The Morgan fingerprint density at radius 3 is 2.62 bits per heavy atom. The minimum atomic E-state index is -4.02. The maximum absolute atomic E-state index is 13.5. The molecule has 1 aromatic heterocycles. The normalized spacial score (nSPS) is 14.8. The van der Waals surface area contributed by atoms with Crippen molar-refractivity contribution in [2.75, 3.05) is 6.54 Å². The average Bonchev–Trinajstić information content (AvgIpc) is 2.89. The minimum Gasteiger partial charge on any atom is -0.469 e. The predicted octanol–water partition coefficient (Wildman–Crippen LogP) is 1.69. The molecule has 5 nitrogen and oxygen atoms in total. The summed E-state index contributed by atoms with van der Waals surface area (Å²) in [6, 6.07) is 8.42. The number of benzene rings is 1. The van der Waals surface area contributed by atoms with E-state index in [0.717, 1.165) is 6.07 Å². The molecule has 0 bridgehead atoms. The molecule has 1 heterocycles. The molecule has 0 aliphatic heterocycles. The largest absolute Gasteiger partial charge is 0.469 e. The number of furan rings is 1. The molecule has 2 rings (SSSR count). The standard InChI is InChI=1S/C14H16FNO4S/c1-14(17,9-11-5-4-8-20-11)10-16-21(18,19)13-7-3-2-6-12(13)15/h2-8,16-17H,9-10H2,1H3. The summed E-state index contributed by atoms with van der Waals surface area (Å²) < 4.78 is 44.9. The van der Waals surface area contributed by atoms with Crippen LogP contribution in [0.1, 0.15) is 12.7 Å². The molecule has 0 amide bonds. The highest BCUT2D eigenvalue weighted by atomic mass is 32.2. The molecular formula is C14H16FNO4S. The Balaban J connectivity index is 2.06. The van der Waals surface area contributed by atoms with E-state index in [1.807, 2.05) is 0 Å². The van der Waals surface area contributed by atoms with Crippen molar-refractivity contribution in [2.24, 2.45) is 0 Å².